The molecule has 0 aromatic heterocycles. The van der Waals surface area contributed by atoms with E-state index in [0.29, 0.717) is 6.04 Å². The standard InChI is InChI=1S/C16H20FN/c1-11(2)18(4)10-13-8-12(3)14-6-5-7-16(17)15(14)9-13/h5-9,11H,10H2,1-4H3. The van der Waals surface area contributed by atoms with Crippen LogP contribution in [-0.4, -0.2) is 18.0 Å². The number of hydrogen-bond acceptors (Lipinski definition) is 1. The highest BCUT2D eigenvalue weighted by Crippen LogP contribution is 2.24. The van der Waals surface area contributed by atoms with Gasteiger partial charge in [-0.3, -0.25) is 4.90 Å². The molecule has 2 rings (SSSR count). The Kier molecular flexibility index (Phi) is 3.67. The van der Waals surface area contributed by atoms with Crippen molar-refractivity contribution in [2.75, 3.05) is 7.05 Å². The van der Waals surface area contributed by atoms with Crippen molar-refractivity contribution in [1.82, 2.24) is 4.90 Å². The number of rotatable bonds is 3. The van der Waals surface area contributed by atoms with Crippen LogP contribution in [0.5, 0.6) is 0 Å². The molecular weight excluding hydrogens is 225 g/mol. The lowest BCUT2D eigenvalue weighted by Crippen LogP contribution is -2.25. The van der Waals surface area contributed by atoms with Gasteiger partial charge in [0.2, 0.25) is 0 Å². The van der Waals surface area contributed by atoms with E-state index in [1.807, 2.05) is 19.1 Å². The van der Waals surface area contributed by atoms with Gasteiger partial charge in [0.25, 0.3) is 0 Å². The molecule has 0 amide bonds. The van der Waals surface area contributed by atoms with Gasteiger partial charge in [0.1, 0.15) is 5.82 Å². The van der Waals surface area contributed by atoms with Crippen LogP contribution in [0.2, 0.25) is 0 Å². The molecule has 2 heteroatoms. The molecule has 0 saturated heterocycles. The second-order valence-corrected chi connectivity index (χ2v) is 5.26. The number of benzene rings is 2. The summed E-state index contributed by atoms with van der Waals surface area (Å²) in [6.45, 7) is 7.21. The normalized spacial score (nSPS) is 11.7. The Morgan fingerprint density at radius 3 is 2.56 bits per heavy atom. The Morgan fingerprint density at radius 1 is 1.17 bits per heavy atom. The maximum Gasteiger partial charge on any atom is 0.131 e. The average Bonchev–Trinajstić information content (AvgIpc) is 2.30. The van der Waals surface area contributed by atoms with Gasteiger partial charge in [-0.1, -0.05) is 18.2 Å². The summed E-state index contributed by atoms with van der Waals surface area (Å²) in [6, 6.07) is 9.88. The SMILES string of the molecule is Cc1cc(CN(C)C(C)C)cc2c(F)cccc12. The molecule has 0 fully saturated rings. The zero-order valence-corrected chi connectivity index (χ0v) is 11.5. The second-order valence-electron chi connectivity index (χ2n) is 5.26. The summed E-state index contributed by atoms with van der Waals surface area (Å²) in [6.07, 6.45) is 0. The van der Waals surface area contributed by atoms with Crippen LogP contribution in [0.1, 0.15) is 25.0 Å². The molecule has 2 aromatic rings. The molecule has 0 saturated carbocycles. The molecule has 96 valence electrons. The van der Waals surface area contributed by atoms with Crippen LogP contribution in [0.3, 0.4) is 0 Å². The molecule has 0 atom stereocenters. The van der Waals surface area contributed by atoms with Crippen molar-refractivity contribution in [2.45, 2.75) is 33.4 Å². The summed E-state index contributed by atoms with van der Waals surface area (Å²) in [5.74, 6) is -0.135. The lowest BCUT2D eigenvalue weighted by atomic mass is 10.0. The van der Waals surface area contributed by atoms with E-state index in [9.17, 15) is 4.39 Å². The maximum absolute atomic E-state index is 13.8. The van der Waals surface area contributed by atoms with Gasteiger partial charge < -0.3 is 0 Å². The molecule has 0 unspecified atom stereocenters. The smallest absolute Gasteiger partial charge is 0.131 e. The van der Waals surface area contributed by atoms with Gasteiger partial charge in [-0.05, 0) is 56.5 Å². The summed E-state index contributed by atoms with van der Waals surface area (Å²) in [4.78, 5) is 2.25. The van der Waals surface area contributed by atoms with Crippen molar-refractivity contribution in [3.63, 3.8) is 0 Å². The minimum Gasteiger partial charge on any atom is -0.300 e. The molecule has 0 aliphatic carbocycles. The molecule has 0 bridgehead atoms. The van der Waals surface area contributed by atoms with Gasteiger partial charge in [-0.15, -0.1) is 0 Å². The Bertz CT molecular complexity index is 560. The molecule has 0 aliphatic heterocycles. The van der Waals surface area contributed by atoms with Crippen molar-refractivity contribution in [2.24, 2.45) is 0 Å². The quantitative estimate of drug-likeness (QED) is 0.786. The summed E-state index contributed by atoms with van der Waals surface area (Å²) in [7, 11) is 2.09. The summed E-state index contributed by atoms with van der Waals surface area (Å²) < 4.78 is 13.8. The molecule has 0 N–H and O–H groups in total. The number of hydrogen-bond donors (Lipinski definition) is 0. The zero-order chi connectivity index (χ0) is 13.3. The monoisotopic (exact) mass is 245 g/mol. The minimum atomic E-state index is -0.135. The van der Waals surface area contributed by atoms with Gasteiger partial charge >= 0.3 is 0 Å². The molecular formula is C16H20FN. The third-order valence-corrected chi connectivity index (χ3v) is 3.52. The van der Waals surface area contributed by atoms with Crippen LogP contribution in [-0.2, 0) is 6.54 Å². The summed E-state index contributed by atoms with van der Waals surface area (Å²) in [5.41, 5.74) is 2.31. The average molecular weight is 245 g/mol. The lowest BCUT2D eigenvalue weighted by molar-refractivity contribution is 0.266. The van der Waals surface area contributed by atoms with Crippen molar-refractivity contribution < 1.29 is 4.39 Å². The predicted molar refractivity (Wildman–Crippen MR) is 75.2 cm³/mol. The third-order valence-electron chi connectivity index (χ3n) is 3.52. The largest absolute Gasteiger partial charge is 0.300 e. The van der Waals surface area contributed by atoms with Crippen molar-refractivity contribution in [3.8, 4) is 0 Å². The molecule has 2 aromatic carbocycles. The van der Waals surface area contributed by atoms with E-state index in [2.05, 4.69) is 31.9 Å². The Hall–Kier alpha value is -1.41. The highest BCUT2D eigenvalue weighted by molar-refractivity contribution is 5.86. The van der Waals surface area contributed by atoms with Gasteiger partial charge in [0.15, 0.2) is 0 Å². The van der Waals surface area contributed by atoms with E-state index < -0.39 is 0 Å². The zero-order valence-electron chi connectivity index (χ0n) is 11.5. The second kappa shape index (κ2) is 5.07. The Balaban J connectivity index is 2.45. The van der Waals surface area contributed by atoms with Crippen LogP contribution in [0.15, 0.2) is 30.3 Å². The highest BCUT2D eigenvalue weighted by Gasteiger charge is 2.08. The number of aryl methyl sites for hydroxylation is 1. The van der Waals surface area contributed by atoms with E-state index in [1.54, 1.807) is 6.07 Å². The molecule has 18 heavy (non-hydrogen) atoms. The first-order chi connectivity index (χ1) is 8.49. The molecule has 0 heterocycles. The number of nitrogens with zero attached hydrogens (tertiary/aromatic N) is 1. The number of fused-ring (bicyclic) bond motifs is 1. The van der Waals surface area contributed by atoms with Gasteiger partial charge in [0.05, 0.1) is 0 Å². The minimum absolute atomic E-state index is 0.135. The fraction of sp³-hybridized carbons (Fsp3) is 0.375. The van der Waals surface area contributed by atoms with Crippen LogP contribution >= 0.6 is 0 Å². The van der Waals surface area contributed by atoms with Gasteiger partial charge in [-0.2, -0.15) is 0 Å². The first kappa shape index (κ1) is 13.0. The third kappa shape index (κ3) is 2.54. The molecule has 0 spiro atoms. The van der Waals surface area contributed by atoms with Crippen LogP contribution in [0.25, 0.3) is 10.8 Å². The highest BCUT2D eigenvalue weighted by atomic mass is 19.1. The van der Waals surface area contributed by atoms with E-state index in [-0.39, 0.29) is 5.82 Å². The van der Waals surface area contributed by atoms with E-state index >= 15 is 0 Å². The maximum atomic E-state index is 13.8. The fourth-order valence-corrected chi connectivity index (χ4v) is 2.17. The van der Waals surface area contributed by atoms with E-state index in [0.717, 1.165) is 22.9 Å². The van der Waals surface area contributed by atoms with Crippen molar-refractivity contribution in [3.05, 3.63) is 47.3 Å². The van der Waals surface area contributed by atoms with E-state index in [1.165, 1.54) is 11.6 Å². The first-order valence-corrected chi connectivity index (χ1v) is 6.37. The predicted octanol–water partition coefficient (Wildman–Crippen LogP) is 4.13. The molecule has 0 radical (unpaired) electrons. The van der Waals surface area contributed by atoms with Crippen molar-refractivity contribution >= 4 is 10.8 Å². The summed E-state index contributed by atoms with van der Waals surface area (Å²) in [5, 5.41) is 1.73. The topological polar surface area (TPSA) is 3.24 Å². The first-order valence-electron chi connectivity index (χ1n) is 6.37. The lowest BCUT2D eigenvalue weighted by Gasteiger charge is -2.21. The van der Waals surface area contributed by atoms with Crippen molar-refractivity contribution in [1.29, 1.82) is 0 Å². The molecule has 0 aliphatic rings. The van der Waals surface area contributed by atoms with Gasteiger partial charge in [-0.25, -0.2) is 4.39 Å². The number of halogens is 1. The molecule has 1 nitrogen and oxygen atoms in total. The summed E-state index contributed by atoms with van der Waals surface area (Å²) >= 11 is 0. The Morgan fingerprint density at radius 2 is 1.89 bits per heavy atom. The fourth-order valence-electron chi connectivity index (χ4n) is 2.17. The van der Waals surface area contributed by atoms with E-state index in [4.69, 9.17) is 0 Å². The van der Waals surface area contributed by atoms with Crippen LogP contribution in [0, 0.1) is 12.7 Å². The van der Waals surface area contributed by atoms with Gasteiger partial charge in [0, 0.05) is 18.0 Å². The Labute approximate surface area is 108 Å². The van der Waals surface area contributed by atoms with Crippen LogP contribution < -0.4 is 0 Å². The van der Waals surface area contributed by atoms with Crippen LogP contribution in [0.4, 0.5) is 4.39 Å².